The van der Waals surface area contributed by atoms with Gasteiger partial charge in [0.2, 0.25) is 6.10 Å². The molecule has 9 heteroatoms. The standard InChI is InChI=1S/C20H21F2N3O4/c1-13(20(27)23-10-9-14-3-6-16(28-2)7-4-14)29-24-12-19(26)25-18-8-5-15(21)11-17(18)22/h3-8,11-13H,9-10H2,1-2H3,(H,23,27)(H,25,26)/b24-12+. The lowest BCUT2D eigenvalue weighted by Gasteiger charge is -2.10. The Morgan fingerprint density at radius 3 is 2.55 bits per heavy atom. The molecule has 0 saturated heterocycles. The maximum atomic E-state index is 13.5. The number of anilines is 1. The van der Waals surface area contributed by atoms with E-state index in [4.69, 9.17) is 9.57 Å². The molecule has 0 aliphatic carbocycles. The van der Waals surface area contributed by atoms with Crippen molar-refractivity contribution in [3.05, 3.63) is 59.7 Å². The summed E-state index contributed by atoms with van der Waals surface area (Å²) in [4.78, 5) is 28.5. The molecule has 0 aromatic heterocycles. The number of halogens is 2. The summed E-state index contributed by atoms with van der Waals surface area (Å²) in [5.74, 6) is -2.12. The van der Waals surface area contributed by atoms with E-state index in [2.05, 4.69) is 15.8 Å². The minimum absolute atomic E-state index is 0.202. The Morgan fingerprint density at radius 1 is 1.17 bits per heavy atom. The molecule has 2 amide bonds. The van der Waals surface area contributed by atoms with Gasteiger partial charge in [0.1, 0.15) is 23.6 Å². The molecule has 0 aliphatic rings. The Balaban J connectivity index is 1.71. The summed E-state index contributed by atoms with van der Waals surface area (Å²) >= 11 is 0. The number of benzene rings is 2. The fourth-order valence-corrected chi connectivity index (χ4v) is 2.24. The topological polar surface area (TPSA) is 89.0 Å². The smallest absolute Gasteiger partial charge is 0.270 e. The Labute approximate surface area is 166 Å². The molecule has 2 N–H and O–H groups in total. The lowest BCUT2D eigenvalue weighted by Crippen LogP contribution is -2.35. The van der Waals surface area contributed by atoms with Gasteiger partial charge in [-0.25, -0.2) is 8.78 Å². The second-order valence-electron chi connectivity index (χ2n) is 5.98. The molecule has 2 aromatic carbocycles. The first kappa shape index (κ1) is 21.8. The number of methoxy groups -OCH3 is 1. The number of hydrogen-bond acceptors (Lipinski definition) is 5. The monoisotopic (exact) mass is 405 g/mol. The molecular formula is C20H21F2N3O4. The highest BCUT2D eigenvalue weighted by Crippen LogP contribution is 2.14. The van der Waals surface area contributed by atoms with Crippen LogP contribution in [-0.2, 0) is 20.8 Å². The first-order valence-corrected chi connectivity index (χ1v) is 8.75. The SMILES string of the molecule is COc1ccc(CCNC(=O)C(C)O/N=C/C(=O)Nc2ccc(F)cc2F)cc1. The number of ether oxygens (including phenoxy) is 1. The van der Waals surface area contributed by atoms with Crippen LogP contribution in [0.25, 0.3) is 0 Å². The normalized spacial score (nSPS) is 11.7. The maximum Gasteiger partial charge on any atom is 0.270 e. The highest BCUT2D eigenvalue weighted by atomic mass is 19.1. The fourth-order valence-electron chi connectivity index (χ4n) is 2.24. The van der Waals surface area contributed by atoms with Gasteiger partial charge in [-0.15, -0.1) is 0 Å². The van der Waals surface area contributed by atoms with Crippen LogP contribution in [0.15, 0.2) is 47.6 Å². The summed E-state index contributed by atoms with van der Waals surface area (Å²) in [6.07, 6.45) is 0.443. The zero-order valence-corrected chi connectivity index (χ0v) is 15.9. The second kappa shape index (κ2) is 10.7. The van der Waals surface area contributed by atoms with Gasteiger partial charge < -0.3 is 20.2 Å². The van der Waals surface area contributed by atoms with Gasteiger partial charge in [-0.1, -0.05) is 17.3 Å². The lowest BCUT2D eigenvalue weighted by molar-refractivity contribution is -0.131. The van der Waals surface area contributed by atoms with Crippen LogP contribution in [0.5, 0.6) is 5.75 Å². The highest BCUT2D eigenvalue weighted by Gasteiger charge is 2.13. The van der Waals surface area contributed by atoms with E-state index in [0.29, 0.717) is 19.0 Å². The van der Waals surface area contributed by atoms with Crippen molar-refractivity contribution in [2.45, 2.75) is 19.4 Å². The molecule has 154 valence electrons. The second-order valence-corrected chi connectivity index (χ2v) is 5.98. The Morgan fingerprint density at radius 2 is 1.90 bits per heavy atom. The van der Waals surface area contributed by atoms with E-state index in [1.807, 2.05) is 24.3 Å². The molecule has 0 bridgehead atoms. The van der Waals surface area contributed by atoms with Crippen LogP contribution in [0.2, 0.25) is 0 Å². The van der Waals surface area contributed by atoms with Crippen LogP contribution < -0.4 is 15.4 Å². The number of hydrogen-bond donors (Lipinski definition) is 2. The van der Waals surface area contributed by atoms with E-state index in [1.165, 1.54) is 6.92 Å². The Bertz CT molecular complexity index is 873. The van der Waals surface area contributed by atoms with Gasteiger partial charge in [-0.2, -0.15) is 0 Å². The van der Waals surface area contributed by atoms with Crippen LogP contribution >= 0.6 is 0 Å². The van der Waals surface area contributed by atoms with E-state index in [1.54, 1.807) is 7.11 Å². The molecule has 0 fully saturated rings. The molecule has 2 rings (SSSR count). The zero-order valence-electron chi connectivity index (χ0n) is 15.9. The summed E-state index contributed by atoms with van der Waals surface area (Å²) in [6.45, 7) is 1.87. The summed E-state index contributed by atoms with van der Waals surface area (Å²) in [7, 11) is 1.59. The summed E-state index contributed by atoms with van der Waals surface area (Å²) in [6, 6.07) is 10.2. The minimum atomic E-state index is -0.933. The minimum Gasteiger partial charge on any atom is -0.497 e. The molecule has 1 atom stereocenters. The van der Waals surface area contributed by atoms with Crippen LogP contribution in [0.3, 0.4) is 0 Å². The third-order valence-corrected chi connectivity index (χ3v) is 3.82. The predicted molar refractivity (Wildman–Crippen MR) is 104 cm³/mol. The predicted octanol–water partition coefficient (Wildman–Crippen LogP) is 2.66. The van der Waals surface area contributed by atoms with Crippen molar-refractivity contribution in [1.82, 2.24) is 5.32 Å². The molecule has 0 radical (unpaired) electrons. The van der Waals surface area contributed by atoms with Gasteiger partial charge in [-0.3, -0.25) is 9.59 Å². The van der Waals surface area contributed by atoms with Gasteiger partial charge in [-0.05, 0) is 43.2 Å². The number of amides is 2. The van der Waals surface area contributed by atoms with Crippen molar-refractivity contribution in [2.75, 3.05) is 19.0 Å². The molecular weight excluding hydrogens is 384 g/mol. The molecule has 0 spiro atoms. The number of nitrogens with one attached hydrogen (secondary N) is 2. The largest absolute Gasteiger partial charge is 0.497 e. The molecule has 0 heterocycles. The lowest BCUT2D eigenvalue weighted by atomic mass is 10.1. The van der Waals surface area contributed by atoms with Crippen molar-refractivity contribution in [3.8, 4) is 5.75 Å². The molecule has 1 unspecified atom stereocenters. The average Bonchev–Trinajstić information content (AvgIpc) is 2.70. The first-order valence-electron chi connectivity index (χ1n) is 8.75. The Hall–Kier alpha value is -3.49. The molecule has 0 saturated carbocycles. The number of carbonyl (C=O) groups is 2. The van der Waals surface area contributed by atoms with Crippen molar-refractivity contribution >= 4 is 23.7 Å². The third-order valence-electron chi connectivity index (χ3n) is 3.82. The van der Waals surface area contributed by atoms with Crippen LogP contribution in [-0.4, -0.2) is 37.8 Å². The zero-order chi connectivity index (χ0) is 21.2. The van der Waals surface area contributed by atoms with Crippen LogP contribution in [0, 0.1) is 11.6 Å². The van der Waals surface area contributed by atoms with Gasteiger partial charge in [0.05, 0.1) is 12.8 Å². The highest BCUT2D eigenvalue weighted by molar-refractivity contribution is 6.31. The van der Waals surface area contributed by atoms with Gasteiger partial charge >= 0.3 is 0 Å². The van der Waals surface area contributed by atoms with E-state index in [0.717, 1.165) is 29.7 Å². The van der Waals surface area contributed by atoms with Crippen LogP contribution in [0.4, 0.5) is 14.5 Å². The van der Waals surface area contributed by atoms with Crippen molar-refractivity contribution in [1.29, 1.82) is 0 Å². The molecule has 7 nitrogen and oxygen atoms in total. The molecule has 0 aliphatic heterocycles. The van der Waals surface area contributed by atoms with E-state index in [9.17, 15) is 18.4 Å². The van der Waals surface area contributed by atoms with E-state index >= 15 is 0 Å². The van der Waals surface area contributed by atoms with E-state index < -0.39 is 29.6 Å². The van der Waals surface area contributed by atoms with Gasteiger partial charge in [0.15, 0.2) is 0 Å². The van der Waals surface area contributed by atoms with E-state index in [-0.39, 0.29) is 5.69 Å². The quantitative estimate of drug-likeness (QED) is 0.496. The van der Waals surface area contributed by atoms with Crippen molar-refractivity contribution in [2.24, 2.45) is 5.16 Å². The van der Waals surface area contributed by atoms with Gasteiger partial charge in [0.25, 0.3) is 11.8 Å². The summed E-state index contributed by atoms with van der Waals surface area (Å²) < 4.78 is 31.4. The molecule has 29 heavy (non-hydrogen) atoms. The average molecular weight is 405 g/mol. The first-order chi connectivity index (χ1) is 13.9. The summed E-state index contributed by atoms with van der Waals surface area (Å²) in [5.41, 5.74) is 0.828. The maximum absolute atomic E-state index is 13.5. The number of nitrogens with zero attached hydrogens (tertiary/aromatic N) is 1. The third kappa shape index (κ3) is 7.21. The molecule has 2 aromatic rings. The fraction of sp³-hybridized carbons (Fsp3) is 0.250. The Kier molecular flexibility index (Phi) is 8.08. The number of carbonyl (C=O) groups excluding carboxylic acids is 2. The van der Waals surface area contributed by atoms with Crippen LogP contribution in [0.1, 0.15) is 12.5 Å². The van der Waals surface area contributed by atoms with Crippen molar-refractivity contribution < 1.29 is 27.9 Å². The number of rotatable bonds is 9. The van der Waals surface area contributed by atoms with Crippen molar-refractivity contribution in [3.63, 3.8) is 0 Å². The number of oxime groups is 1. The summed E-state index contributed by atoms with van der Waals surface area (Å²) in [5, 5.41) is 8.29. The van der Waals surface area contributed by atoms with Gasteiger partial charge in [0, 0.05) is 12.6 Å².